The van der Waals surface area contributed by atoms with Crippen LogP contribution in [0, 0.1) is 0 Å². The fourth-order valence-corrected chi connectivity index (χ4v) is 2.08. The van der Waals surface area contributed by atoms with E-state index in [4.69, 9.17) is 19.6 Å². The summed E-state index contributed by atoms with van der Waals surface area (Å²) in [5, 5.41) is 0. The van der Waals surface area contributed by atoms with Gasteiger partial charge in [-0.15, -0.1) is 0 Å². The first-order valence-electron chi connectivity index (χ1n) is 7.39. The lowest BCUT2D eigenvalue weighted by Crippen LogP contribution is -2.41. The third-order valence-electron chi connectivity index (χ3n) is 2.93. The van der Waals surface area contributed by atoms with Crippen molar-refractivity contribution in [2.24, 2.45) is 0 Å². The van der Waals surface area contributed by atoms with Crippen LogP contribution in [-0.2, 0) is 32.4 Å². The third kappa shape index (κ3) is 4.78. The van der Waals surface area contributed by atoms with Gasteiger partial charge in [-0.3, -0.25) is 0 Å². The molecule has 4 heteroatoms. The molecule has 1 aromatic rings. The van der Waals surface area contributed by atoms with Crippen molar-refractivity contribution in [3.05, 3.63) is 35.4 Å². The molecule has 0 atom stereocenters. The van der Waals surface area contributed by atoms with E-state index in [1.165, 1.54) is 11.1 Å². The Balaban J connectivity index is 2.13. The lowest BCUT2D eigenvalue weighted by atomic mass is 10.1. The van der Waals surface area contributed by atoms with Crippen LogP contribution in [0.2, 0.25) is 0 Å². The summed E-state index contributed by atoms with van der Waals surface area (Å²) in [6, 6.07) is 8.20. The second-order valence-corrected chi connectivity index (χ2v) is 7.59. The van der Waals surface area contributed by atoms with Crippen molar-refractivity contribution in [1.29, 1.82) is 0 Å². The highest BCUT2D eigenvalue weighted by atomic mass is 17.3. The standard InChI is InChI=1S/C17H26O4/c1-15(2,3)18-20-17(21-19-16(4,5)6)11-13-9-7-8-10-14(13)12-17/h7-10H,11-12H2,1-6H3. The second-order valence-electron chi connectivity index (χ2n) is 7.59. The maximum absolute atomic E-state index is 5.69. The topological polar surface area (TPSA) is 36.9 Å². The summed E-state index contributed by atoms with van der Waals surface area (Å²) in [7, 11) is 0. The molecule has 21 heavy (non-hydrogen) atoms. The molecule has 0 saturated carbocycles. The van der Waals surface area contributed by atoms with Gasteiger partial charge in [0.1, 0.15) is 0 Å². The molecular formula is C17H26O4. The van der Waals surface area contributed by atoms with Gasteiger partial charge in [-0.05, 0) is 52.7 Å². The zero-order valence-corrected chi connectivity index (χ0v) is 13.9. The Morgan fingerprint density at radius 3 is 1.48 bits per heavy atom. The number of hydrogen-bond acceptors (Lipinski definition) is 4. The van der Waals surface area contributed by atoms with Crippen molar-refractivity contribution in [3.8, 4) is 0 Å². The molecule has 1 aromatic carbocycles. The molecule has 0 aliphatic heterocycles. The Morgan fingerprint density at radius 1 is 0.762 bits per heavy atom. The van der Waals surface area contributed by atoms with E-state index in [-0.39, 0.29) is 0 Å². The normalized spacial score (nSPS) is 17.8. The van der Waals surface area contributed by atoms with Crippen LogP contribution >= 0.6 is 0 Å². The minimum Gasteiger partial charge on any atom is -0.228 e. The van der Waals surface area contributed by atoms with Gasteiger partial charge in [0.05, 0.1) is 11.2 Å². The first-order valence-corrected chi connectivity index (χ1v) is 7.39. The van der Waals surface area contributed by atoms with Crippen molar-refractivity contribution >= 4 is 0 Å². The average molecular weight is 294 g/mol. The molecule has 118 valence electrons. The van der Waals surface area contributed by atoms with Gasteiger partial charge in [0.2, 0.25) is 5.79 Å². The van der Waals surface area contributed by atoms with Crippen LogP contribution in [0.15, 0.2) is 24.3 Å². The van der Waals surface area contributed by atoms with Crippen LogP contribution in [0.4, 0.5) is 0 Å². The van der Waals surface area contributed by atoms with Crippen molar-refractivity contribution in [2.75, 3.05) is 0 Å². The van der Waals surface area contributed by atoms with Gasteiger partial charge >= 0.3 is 0 Å². The zero-order valence-electron chi connectivity index (χ0n) is 13.9. The molecule has 4 nitrogen and oxygen atoms in total. The van der Waals surface area contributed by atoms with E-state index < -0.39 is 17.0 Å². The van der Waals surface area contributed by atoms with E-state index in [2.05, 4.69) is 12.1 Å². The van der Waals surface area contributed by atoms with Gasteiger partial charge in [0.15, 0.2) is 0 Å². The summed E-state index contributed by atoms with van der Waals surface area (Å²) in [6.45, 7) is 11.6. The van der Waals surface area contributed by atoms with Crippen molar-refractivity contribution in [1.82, 2.24) is 0 Å². The Bertz CT molecular complexity index is 437. The second kappa shape index (κ2) is 5.69. The predicted molar refractivity (Wildman–Crippen MR) is 80.4 cm³/mol. The molecule has 0 heterocycles. The summed E-state index contributed by atoms with van der Waals surface area (Å²) < 4.78 is 0. The number of fused-ring (bicyclic) bond motifs is 1. The molecule has 2 rings (SSSR count). The molecule has 0 unspecified atom stereocenters. The van der Waals surface area contributed by atoms with E-state index in [0.717, 1.165) is 0 Å². The van der Waals surface area contributed by atoms with Gasteiger partial charge in [-0.2, -0.15) is 9.78 Å². The maximum atomic E-state index is 5.69. The molecule has 0 bridgehead atoms. The van der Waals surface area contributed by atoms with Crippen LogP contribution in [0.25, 0.3) is 0 Å². The zero-order chi connectivity index (χ0) is 15.7. The predicted octanol–water partition coefficient (Wildman–Crippen LogP) is 3.97. The number of hydrogen-bond donors (Lipinski definition) is 0. The van der Waals surface area contributed by atoms with Gasteiger partial charge in [0, 0.05) is 12.8 Å². The lowest BCUT2D eigenvalue weighted by Gasteiger charge is -2.32. The van der Waals surface area contributed by atoms with Crippen molar-refractivity contribution < 1.29 is 19.6 Å². The Hall–Kier alpha value is -0.940. The third-order valence-corrected chi connectivity index (χ3v) is 2.93. The Morgan fingerprint density at radius 2 is 1.14 bits per heavy atom. The van der Waals surface area contributed by atoms with Gasteiger partial charge < -0.3 is 0 Å². The Kier molecular flexibility index (Phi) is 4.45. The smallest absolute Gasteiger partial charge is 0.228 e. The van der Waals surface area contributed by atoms with Gasteiger partial charge in [0.25, 0.3) is 0 Å². The van der Waals surface area contributed by atoms with Crippen LogP contribution < -0.4 is 0 Å². The molecule has 0 radical (unpaired) electrons. The SMILES string of the molecule is CC(C)(C)OOC1(OOC(C)(C)C)Cc2ccccc2C1. The van der Waals surface area contributed by atoms with E-state index in [9.17, 15) is 0 Å². The summed E-state index contributed by atoms with van der Waals surface area (Å²) >= 11 is 0. The van der Waals surface area contributed by atoms with Crippen molar-refractivity contribution in [3.63, 3.8) is 0 Å². The molecule has 0 spiro atoms. The quantitative estimate of drug-likeness (QED) is 0.478. The molecule has 0 amide bonds. The van der Waals surface area contributed by atoms with Crippen LogP contribution in [0.5, 0.6) is 0 Å². The fourth-order valence-electron chi connectivity index (χ4n) is 2.08. The average Bonchev–Trinajstić information content (AvgIpc) is 2.72. The summed E-state index contributed by atoms with van der Waals surface area (Å²) in [5.41, 5.74) is 1.58. The van der Waals surface area contributed by atoms with Gasteiger partial charge in [-0.1, -0.05) is 24.3 Å². The van der Waals surface area contributed by atoms with Crippen LogP contribution in [0.3, 0.4) is 0 Å². The lowest BCUT2D eigenvalue weighted by molar-refractivity contribution is -0.538. The molecule has 0 saturated heterocycles. The van der Waals surface area contributed by atoms with E-state index in [1.54, 1.807) is 0 Å². The maximum Gasteiger partial charge on any atom is 0.241 e. The van der Waals surface area contributed by atoms with Crippen LogP contribution in [-0.4, -0.2) is 17.0 Å². The first-order chi connectivity index (χ1) is 9.59. The molecule has 1 aliphatic carbocycles. The molecule has 0 aromatic heterocycles. The van der Waals surface area contributed by atoms with Gasteiger partial charge in [-0.25, -0.2) is 9.78 Å². The minimum absolute atomic E-state index is 0.410. The largest absolute Gasteiger partial charge is 0.241 e. The minimum atomic E-state index is -0.926. The molecule has 0 fully saturated rings. The number of benzene rings is 1. The highest BCUT2D eigenvalue weighted by Crippen LogP contribution is 2.36. The molecule has 0 N–H and O–H groups in total. The van der Waals surface area contributed by atoms with Crippen molar-refractivity contribution in [2.45, 2.75) is 71.4 Å². The molecular weight excluding hydrogens is 268 g/mol. The summed E-state index contributed by atoms with van der Waals surface area (Å²) in [4.78, 5) is 22.4. The monoisotopic (exact) mass is 294 g/mol. The fraction of sp³-hybridized carbons (Fsp3) is 0.647. The van der Waals surface area contributed by atoms with E-state index in [1.807, 2.05) is 53.7 Å². The highest BCUT2D eigenvalue weighted by molar-refractivity contribution is 5.34. The van der Waals surface area contributed by atoms with Crippen LogP contribution in [0.1, 0.15) is 52.7 Å². The number of rotatable bonds is 4. The first kappa shape index (κ1) is 16.4. The highest BCUT2D eigenvalue weighted by Gasteiger charge is 2.44. The summed E-state index contributed by atoms with van der Waals surface area (Å²) in [6.07, 6.45) is 1.21. The molecule has 1 aliphatic rings. The Labute approximate surface area is 127 Å². The summed E-state index contributed by atoms with van der Waals surface area (Å²) in [5.74, 6) is -0.926. The van der Waals surface area contributed by atoms with E-state index >= 15 is 0 Å². The van der Waals surface area contributed by atoms with E-state index in [0.29, 0.717) is 12.8 Å².